The lowest BCUT2D eigenvalue weighted by Crippen LogP contribution is -2.49. The zero-order chi connectivity index (χ0) is 16.6. The smallest absolute Gasteiger partial charge is 0.410 e. The van der Waals surface area contributed by atoms with Gasteiger partial charge in [0, 0.05) is 38.0 Å². The van der Waals surface area contributed by atoms with Crippen molar-refractivity contribution in [3.05, 3.63) is 34.9 Å². The summed E-state index contributed by atoms with van der Waals surface area (Å²) in [5.41, 5.74) is -0.0151. The molecule has 0 saturated carbocycles. The molecule has 0 radical (unpaired) electrons. The van der Waals surface area contributed by atoms with Crippen LogP contribution in [0.25, 0.3) is 0 Å². The van der Waals surface area contributed by atoms with Gasteiger partial charge in [-0.2, -0.15) is 0 Å². The third-order valence-electron chi connectivity index (χ3n) is 4.53. The SMILES string of the molecule is CN1CC2(CCN(C(=O)[C@@H](O)c3cccc(Cl)c3)CC2)OC1=O. The minimum Gasteiger partial charge on any atom is -0.441 e. The van der Waals surface area contributed by atoms with Crippen molar-refractivity contribution in [2.24, 2.45) is 0 Å². The highest BCUT2D eigenvalue weighted by Gasteiger charge is 2.46. The van der Waals surface area contributed by atoms with Gasteiger partial charge in [-0.1, -0.05) is 23.7 Å². The maximum atomic E-state index is 12.5. The summed E-state index contributed by atoms with van der Waals surface area (Å²) in [4.78, 5) is 27.2. The summed E-state index contributed by atoms with van der Waals surface area (Å²) in [5.74, 6) is -0.347. The van der Waals surface area contributed by atoms with E-state index in [0.29, 0.717) is 43.1 Å². The van der Waals surface area contributed by atoms with Crippen LogP contribution in [0.15, 0.2) is 24.3 Å². The Hall–Kier alpha value is -1.79. The van der Waals surface area contributed by atoms with E-state index in [2.05, 4.69) is 0 Å². The Balaban J connectivity index is 1.63. The van der Waals surface area contributed by atoms with Crippen molar-refractivity contribution in [3.8, 4) is 0 Å². The monoisotopic (exact) mass is 338 g/mol. The molecular formula is C16H19ClN2O4. The van der Waals surface area contributed by atoms with Crippen molar-refractivity contribution in [2.45, 2.75) is 24.5 Å². The van der Waals surface area contributed by atoms with Crippen LogP contribution < -0.4 is 0 Å². The number of carbonyl (C=O) groups is 2. The molecular weight excluding hydrogens is 320 g/mol. The Kier molecular flexibility index (Phi) is 4.21. The normalized spacial score (nSPS) is 21.4. The topological polar surface area (TPSA) is 70.1 Å². The highest BCUT2D eigenvalue weighted by molar-refractivity contribution is 6.30. The van der Waals surface area contributed by atoms with Crippen molar-refractivity contribution in [1.82, 2.24) is 9.80 Å². The molecule has 2 aliphatic heterocycles. The van der Waals surface area contributed by atoms with Gasteiger partial charge in [0.05, 0.1) is 6.54 Å². The van der Waals surface area contributed by atoms with Crippen LogP contribution in [0.4, 0.5) is 4.79 Å². The number of likely N-dealkylation sites (N-methyl/N-ethyl adjacent to an activating group) is 1. The molecule has 23 heavy (non-hydrogen) atoms. The number of halogens is 1. The average Bonchev–Trinajstić information content (AvgIpc) is 2.80. The number of piperidine rings is 1. The van der Waals surface area contributed by atoms with Crippen molar-refractivity contribution in [1.29, 1.82) is 0 Å². The van der Waals surface area contributed by atoms with Crippen molar-refractivity contribution >= 4 is 23.6 Å². The number of carbonyl (C=O) groups excluding carboxylic acids is 2. The molecule has 1 aromatic rings. The van der Waals surface area contributed by atoms with Crippen molar-refractivity contribution < 1.29 is 19.4 Å². The number of hydrogen-bond donors (Lipinski definition) is 1. The average molecular weight is 339 g/mol. The maximum absolute atomic E-state index is 12.5. The maximum Gasteiger partial charge on any atom is 0.410 e. The van der Waals surface area contributed by atoms with E-state index in [4.69, 9.17) is 16.3 Å². The number of nitrogens with zero attached hydrogens (tertiary/aromatic N) is 2. The highest BCUT2D eigenvalue weighted by Crippen LogP contribution is 2.33. The van der Waals surface area contributed by atoms with E-state index in [1.54, 1.807) is 41.1 Å². The van der Waals surface area contributed by atoms with Gasteiger partial charge in [-0.15, -0.1) is 0 Å². The standard InChI is InChI=1S/C16H19ClN2O4/c1-18-10-16(23-15(18)22)5-7-19(8-6-16)14(21)13(20)11-3-2-4-12(17)9-11/h2-4,9,13,20H,5-8,10H2,1H3/t13-/m0/s1. The number of likely N-dealkylation sites (tertiary alicyclic amines) is 1. The molecule has 1 atom stereocenters. The van der Waals surface area contributed by atoms with Gasteiger partial charge in [0.1, 0.15) is 5.60 Å². The van der Waals surface area contributed by atoms with Crippen LogP contribution in [0.2, 0.25) is 5.02 Å². The van der Waals surface area contributed by atoms with Gasteiger partial charge in [-0.3, -0.25) is 4.79 Å². The van der Waals surface area contributed by atoms with Gasteiger partial charge in [0.25, 0.3) is 5.91 Å². The number of hydrogen-bond acceptors (Lipinski definition) is 4. The molecule has 2 saturated heterocycles. The third kappa shape index (κ3) is 3.14. The molecule has 1 aromatic carbocycles. The van der Waals surface area contributed by atoms with Crippen LogP contribution in [0, 0.1) is 0 Å². The van der Waals surface area contributed by atoms with Crippen molar-refractivity contribution in [3.63, 3.8) is 0 Å². The van der Waals surface area contributed by atoms with E-state index in [1.165, 1.54) is 0 Å². The first kappa shape index (κ1) is 16.1. The summed E-state index contributed by atoms with van der Waals surface area (Å²) in [6.45, 7) is 1.46. The molecule has 2 aliphatic rings. The van der Waals surface area contributed by atoms with Gasteiger partial charge >= 0.3 is 6.09 Å². The van der Waals surface area contributed by atoms with Crippen molar-refractivity contribution in [2.75, 3.05) is 26.7 Å². The number of ether oxygens (including phenoxy) is 1. The Labute approximate surface area is 139 Å². The summed E-state index contributed by atoms with van der Waals surface area (Å²) in [6.07, 6.45) is -0.381. The first-order valence-corrected chi connectivity index (χ1v) is 7.94. The van der Waals surface area contributed by atoms with Crippen LogP contribution in [0.1, 0.15) is 24.5 Å². The Morgan fingerprint density at radius 3 is 2.65 bits per heavy atom. The molecule has 2 fully saturated rings. The van der Waals surface area contributed by atoms with E-state index in [-0.39, 0.29) is 12.0 Å². The minimum absolute atomic E-state index is 0.316. The molecule has 3 rings (SSSR count). The van der Waals surface area contributed by atoms with Crippen LogP contribution in [0.5, 0.6) is 0 Å². The zero-order valence-corrected chi connectivity index (χ0v) is 13.6. The molecule has 2 heterocycles. The largest absolute Gasteiger partial charge is 0.441 e. The van der Waals surface area contributed by atoms with E-state index in [0.717, 1.165) is 0 Å². The van der Waals surface area contributed by atoms with Crippen LogP contribution >= 0.6 is 11.6 Å². The minimum atomic E-state index is -1.23. The molecule has 2 amide bonds. The van der Waals surface area contributed by atoms with Crippen LogP contribution in [0.3, 0.4) is 0 Å². The summed E-state index contributed by atoms with van der Waals surface area (Å²) in [7, 11) is 1.71. The summed E-state index contributed by atoms with van der Waals surface area (Å²) >= 11 is 5.90. The molecule has 0 aromatic heterocycles. The van der Waals surface area contributed by atoms with Gasteiger partial charge < -0.3 is 19.6 Å². The molecule has 1 N–H and O–H groups in total. The van der Waals surface area contributed by atoms with Gasteiger partial charge in [0.15, 0.2) is 6.10 Å². The van der Waals surface area contributed by atoms with E-state index < -0.39 is 11.7 Å². The quantitative estimate of drug-likeness (QED) is 0.893. The highest BCUT2D eigenvalue weighted by atomic mass is 35.5. The fourth-order valence-electron chi connectivity index (χ4n) is 3.18. The lowest BCUT2D eigenvalue weighted by Gasteiger charge is -2.38. The second-order valence-corrected chi connectivity index (χ2v) is 6.63. The Morgan fingerprint density at radius 1 is 1.39 bits per heavy atom. The predicted octanol–water partition coefficient (Wildman–Crippen LogP) is 1.82. The van der Waals surface area contributed by atoms with E-state index >= 15 is 0 Å². The van der Waals surface area contributed by atoms with Crippen LogP contribution in [-0.2, 0) is 9.53 Å². The second-order valence-electron chi connectivity index (χ2n) is 6.19. The Morgan fingerprint density at radius 2 is 2.09 bits per heavy atom. The Bertz CT molecular complexity index is 628. The number of aliphatic hydroxyl groups excluding tert-OH is 1. The van der Waals surface area contributed by atoms with Gasteiger partial charge in [-0.05, 0) is 17.7 Å². The molecule has 0 unspecified atom stereocenters. The predicted molar refractivity (Wildman–Crippen MR) is 84.1 cm³/mol. The summed E-state index contributed by atoms with van der Waals surface area (Å²) in [5, 5.41) is 10.7. The molecule has 0 aliphatic carbocycles. The molecule has 7 heteroatoms. The fourth-order valence-corrected chi connectivity index (χ4v) is 3.38. The van der Waals surface area contributed by atoms with Crippen LogP contribution in [-0.4, -0.2) is 59.2 Å². The second kappa shape index (κ2) is 6.02. The van der Waals surface area contributed by atoms with E-state index in [1.807, 2.05) is 0 Å². The zero-order valence-electron chi connectivity index (χ0n) is 12.9. The molecule has 6 nitrogen and oxygen atoms in total. The van der Waals surface area contributed by atoms with Gasteiger partial charge in [-0.25, -0.2) is 4.79 Å². The first-order valence-electron chi connectivity index (χ1n) is 7.57. The number of rotatable bonds is 2. The first-order chi connectivity index (χ1) is 10.9. The molecule has 124 valence electrons. The number of benzene rings is 1. The third-order valence-corrected chi connectivity index (χ3v) is 4.76. The summed E-state index contributed by atoms with van der Waals surface area (Å²) in [6, 6.07) is 6.65. The molecule has 0 bridgehead atoms. The summed E-state index contributed by atoms with van der Waals surface area (Å²) < 4.78 is 5.46. The van der Waals surface area contributed by atoms with Gasteiger partial charge in [0.2, 0.25) is 0 Å². The fraction of sp³-hybridized carbons (Fsp3) is 0.500. The lowest BCUT2D eigenvalue weighted by atomic mass is 9.91. The lowest BCUT2D eigenvalue weighted by molar-refractivity contribution is -0.143. The van der Waals surface area contributed by atoms with E-state index in [9.17, 15) is 14.7 Å². The number of amides is 2. The number of aliphatic hydroxyl groups is 1. The molecule has 1 spiro atoms.